The van der Waals surface area contributed by atoms with Crippen LogP contribution < -0.4 is 14.8 Å². The SMILES string of the molecule is CC=C(C)CN1CCC(CCC(=O)Nc2ccc3c(c2)OCCO3)CC1. The molecule has 2 aliphatic rings. The number of hydrogen-bond donors (Lipinski definition) is 1. The van der Waals surface area contributed by atoms with Crippen LogP contribution in [0.15, 0.2) is 29.8 Å². The van der Waals surface area contributed by atoms with Crippen LogP contribution in [0.25, 0.3) is 0 Å². The van der Waals surface area contributed by atoms with Gasteiger partial charge in [-0.1, -0.05) is 11.6 Å². The Kier molecular flexibility index (Phi) is 6.56. The molecule has 1 aromatic carbocycles. The number of amides is 1. The molecule has 2 heterocycles. The van der Waals surface area contributed by atoms with E-state index in [0.29, 0.717) is 31.3 Å². The highest BCUT2D eigenvalue weighted by atomic mass is 16.6. The van der Waals surface area contributed by atoms with Crippen LogP contribution in [0.4, 0.5) is 5.69 Å². The Morgan fingerprint density at radius 2 is 1.96 bits per heavy atom. The fraction of sp³-hybridized carbons (Fsp3) is 0.571. The Morgan fingerprint density at radius 1 is 1.23 bits per heavy atom. The number of likely N-dealkylation sites (tertiary alicyclic amines) is 1. The highest BCUT2D eigenvalue weighted by Crippen LogP contribution is 2.32. The number of benzene rings is 1. The predicted octanol–water partition coefficient (Wildman–Crippen LogP) is 3.85. The molecule has 2 aliphatic heterocycles. The molecule has 0 spiro atoms. The second-order valence-corrected chi connectivity index (χ2v) is 7.30. The zero-order valence-corrected chi connectivity index (χ0v) is 15.9. The molecule has 0 radical (unpaired) electrons. The number of anilines is 1. The van der Waals surface area contributed by atoms with Gasteiger partial charge in [0.2, 0.25) is 5.91 Å². The fourth-order valence-electron chi connectivity index (χ4n) is 3.56. The molecule has 1 saturated heterocycles. The smallest absolute Gasteiger partial charge is 0.224 e. The zero-order valence-electron chi connectivity index (χ0n) is 15.9. The summed E-state index contributed by atoms with van der Waals surface area (Å²) in [6, 6.07) is 5.56. The van der Waals surface area contributed by atoms with E-state index in [1.807, 2.05) is 18.2 Å². The van der Waals surface area contributed by atoms with Crippen LogP contribution in [0.3, 0.4) is 0 Å². The molecule has 0 bridgehead atoms. The van der Waals surface area contributed by atoms with Crippen LogP contribution in [-0.2, 0) is 4.79 Å². The summed E-state index contributed by atoms with van der Waals surface area (Å²) in [5, 5.41) is 2.98. The van der Waals surface area contributed by atoms with Crippen LogP contribution in [0, 0.1) is 5.92 Å². The van der Waals surface area contributed by atoms with Crippen LogP contribution in [0.5, 0.6) is 11.5 Å². The fourth-order valence-corrected chi connectivity index (χ4v) is 3.56. The Hall–Kier alpha value is -2.01. The van der Waals surface area contributed by atoms with Gasteiger partial charge in [0.25, 0.3) is 0 Å². The van der Waals surface area contributed by atoms with Crippen LogP contribution >= 0.6 is 0 Å². The average molecular weight is 358 g/mol. The lowest BCUT2D eigenvalue weighted by Gasteiger charge is -2.32. The van der Waals surface area contributed by atoms with Gasteiger partial charge in [0, 0.05) is 24.7 Å². The van der Waals surface area contributed by atoms with E-state index in [1.54, 1.807) is 0 Å². The van der Waals surface area contributed by atoms with Gasteiger partial charge in [-0.15, -0.1) is 0 Å². The molecule has 0 aromatic heterocycles. The minimum atomic E-state index is 0.0777. The lowest BCUT2D eigenvalue weighted by Crippen LogP contribution is -2.35. The molecular formula is C21H30N2O3. The molecule has 142 valence electrons. The summed E-state index contributed by atoms with van der Waals surface area (Å²) in [4.78, 5) is 14.8. The van der Waals surface area contributed by atoms with Gasteiger partial charge in [0.05, 0.1) is 0 Å². The minimum absolute atomic E-state index is 0.0777. The maximum absolute atomic E-state index is 12.3. The lowest BCUT2D eigenvalue weighted by molar-refractivity contribution is -0.116. The second-order valence-electron chi connectivity index (χ2n) is 7.30. The van der Waals surface area contributed by atoms with E-state index in [0.717, 1.165) is 37.5 Å². The summed E-state index contributed by atoms with van der Waals surface area (Å²) in [7, 11) is 0. The minimum Gasteiger partial charge on any atom is -0.486 e. The van der Waals surface area contributed by atoms with Gasteiger partial charge in [0.1, 0.15) is 13.2 Å². The number of carbonyl (C=O) groups is 1. The first-order chi connectivity index (χ1) is 12.6. The normalized spacial score (nSPS) is 18.6. The van der Waals surface area contributed by atoms with E-state index < -0.39 is 0 Å². The first kappa shape index (κ1) is 18.8. The van der Waals surface area contributed by atoms with E-state index in [1.165, 1.54) is 18.4 Å². The van der Waals surface area contributed by atoms with Crippen molar-refractivity contribution in [3.8, 4) is 11.5 Å². The number of rotatable bonds is 6. The van der Waals surface area contributed by atoms with E-state index in [2.05, 4.69) is 30.1 Å². The van der Waals surface area contributed by atoms with Crippen molar-refractivity contribution in [3.63, 3.8) is 0 Å². The molecule has 1 fully saturated rings. The summed E-state index contributed by atoms with van der Waals surface area (Å²) in [5.41, 5.74) is 2.21. The molecule has 3 rings (SSSR count). The van der Waals surface area contributed by atoms with E-state index in [4.69, 9.17) is 9.47 Å². The number of hydrogen-bond acceptors (Lipinski definition) is 4. The third-order valence-electron chi connectivity index (χ3n) is 5.28. The predicted molar refractivity (Wildman–Crippen MR) is 104 cm³/mol. The summed E-state index contributed by atoms with van der Waals surface area (Å²) in [5.74, 6) is 2.18. The number of ether oxygens (including phenoxy) is 2. The molecule has 5 nitrogen and oxygen atoms in total. The Balaban J connectivity index is 1.39. The molecule has 1 amide bonds. The molecule has 1 N–H and O–H groups in total. The molecule has 5 heteroatoms. The van der Waals surface area contributed by atoms with E-state index in [-0.39, 0.29) is 5.91 Å². The third-order valence-corrected chi connectivity index (χ3v) is 5.28. The first-order valence-corrected chi connectivity index (χ1v) is 9.67. The van der Waals surface area contributed by atoms with Crippen LogP contribution in [0.1, 0.15) is 39.5 Å². The summed E-state index contributed by atoms with van der Waals surface area (Å²) in [6.07, 6.45) is 6.11. The number of nitrogens with zero attached hydrogens (tertiary/aromatic N) is 1. The highest BCUT2D eigenvalue weighted by Gasteiger charge is 2.20. The van der Waals surface area contributed by atoms with Gasteiger partial charge in [0.15, 0.2) is 11.5 Å². The first-order valence-electron chi connectivity index (χ1n) is 9.67. The van der Waals surface area contributed by atoms with Crippen molar-refractivity contribution in [2.75, 3.05) is 38.2 Å². The summed E-state index contributed by atoms with van der Waals surface area (Å²) < 4.78 is 11.1. The van der Waals surface area contributed by atoms with Gasteiger partial charge in [-0.05, 0) is 64.3 Å². The largest absolute Gasteiger partial charge is 0.486 e. The number of carbonyl (C=O) groups excluding carboxylic acids is 1. The Labute approximate surface area is 156 Å². The van der Waals surface area contributed by atoms with Crippen molar-refractivity contribution in [2.45, 2.75) is 39.5 Å². The average Bonchev–Trinajstić information content (AvgIpc) is 2.67. The van der Waals surface area contributed by atoms with Crippen molar-refractivity contribution >= 4 is 11.6 Å². The van der Waals surface area contributed by atoms with Crippen LogP contribution in [0.2, 0.25) is 0 Å². The van der Waals surface area contributed by atoms with Crippen LogP contribution in [-0.4, -0.2) is 43.7 Å². The molecule has 1 aromatic rings. The van der Waals surface area contributed by atoms with Gasteiger partial charge in [-0.2, -0.15) is 0 Å². The lowest BCUT2D eigenvalue weighted by atomic mass is 9.92. The summed E-state index contributed by atoms with van der Waals surface area (Å²) in [6.45, 7) is 8.77. The van der Waals surface area contributed by atoms with Gasteiger partial charge < -0.3 is 14.8 Å². The Bertz CT molecular complexity index is 649. The van der Waals surface area contributed by atoms with Crippen molar-refractivity contribution in [3.05, 3.63) is 29.8 Å². The maximum atomic E-state index is 12.3. The Morgan fingerprint density at radius 3 is 2.69 bits per heavy atom. The highest BCUT2D eigenvalue weighted by molar-refractivity contribution is 5.91. The molecule has 0 aliphatic carbocycles. The van der Waals surface area contributed by atoms with Crippen molar-refractivity contribution in [1.29, 1.82) is 0 Å². The zero-order chi connectivity index (χ0) is 18.4. The van der Waals surface area contributed by atoms with Gasteiger partial charge in [-0.3, -0.25) is 9.69 Å². The van der Waals surface area contributed by atoms with Crippen molar-refractivity contribution in [1.82, 2.24) is 4.90 Å². The molecule has 0 atom stereocenters. The third kappa shape index (κ3) is 5.24. The van der Waals surface area contributed by atoms with Gasteiger partial charge >= 0.3 is 0 Å². The number of piperidine rings is 1. The van der Waals surface area contributed by atoms with Gasteiger partial charge in [-0.25, -0.2) is 0 Å². The topological polar surface area (TPSA) is 50.8 Å². The second kappa shape index (κ2) is 9.08. The molecule has 0 unspecified atom stereocenters. The standard InChI is InChI=1S/C21H30N2O3/c1-3-16(2)15-23-10-8-17(9-11-23)4-7-21(24)22-18-5-6-19-20(14-18)26-13-12-25-19/h3,5-6,14,17H,4,7-13,15H2,1-2H3,(H,22,24). The number of allylic oxidation sites excluding steroid dienone is 1. The number of fused-ring (bicyclic) bond motifs is 1. The quantitative estimate of drug-likeness (QED) is 0.785. The monoisotopic (exact) mass is 358 g/mol. The molecular weight excluding hydrogens is 328 g/mol. The molecule has 26 heavy (non-hydrogen) atoms. The molecule has 0 saturated carbocycles. The van der Waals surface area contributed by atoms with E-state index >= 15 is 0 Å². The maximum Gasteiger partial charge on any atom is 0.224 e. The van der Waals surface area contributed by atoms with Crippen molar-refractivity contribution < 1.29 is 14.3 Å². The van der Waals surface area contributed by atoms with E-state index in [9.17, 15) is 4.79 Å². The number of nitrogens with one attached hydrogen (secondary N) is 1. The summed E-state index contributed by atoms with van der Waals surface area (Å²) >= 11 is 0. The van der Waals surface area contributed by atoms with Crippen molar-refractivity contribution in [2.24, 2.45) is 5.92 Å².